The Bertz CT molecular complexity index is 860. The summed E-state index contributed by atoms with van der Waals surface area (Å²) in [6.07, 6.45) is 0.237. The first-order valence-corrected chi connectivity index (χ1v) is 8.82. The van der Waals surface area contributed by atoms with Crippen molar-refractivity contribution in [3.63, 3.8) is 0 Å². The number of fused-ring (bicyclic) bond motifs is 1. The maximum absolute atomic E-state index is 10.5. The van der Waals surface area contributed by atoms with Crippen molar-refractivity contribution in [2.24, 2.45) is 0 Å². The molecule has 0 aliphatic rings. The molecule has 25 heavy (non-hydrogen) atoms. The largest absolute Gasteiger partial charge is 0.490 e. The van der Waals surface area contributed by atoms with Crippen LogP contribution >= 0.6 is 0 Å². The molecule has 0 aliphatic heterocycles. The number of hydrogen-bond donors (Lipinski definition) is 1. The van der Waals surface area contributed by atoms with Gasteiger partial charge in [0, 0.05) is 6.42 Å². The number of aliphatic hydroxyl groups excluding tert-OH is 1. The third-order valence-corrected chi connectivity index (χ3v) is 4.47. The molecule has 0 amide bonds. The Morgan fingerprint density at radius 1 is 1.12 bits per heavy atom. The van der Waals surface area contributed by atoms with Gasteiger partial charge in [0.25, 0.3) is 0 Å². The van der Waals surface area contributed by atoms with E-state index >= 15 is 0 Å². The topological polar surface area (TPSA) is 47.3 Å². The first kappa shape index (κ1) is 17.5. The second-order valence-electron chi connectivity index (χ2n) is 6.67. The predicted octanol–water partition coefficient (Wildman–Crippen LogP) is 3.96. The van der Waals surface area contributed by atoms with Gasteiger partial charge in [-0.25, -0.2) is 4.98 Å². The Morgan fingerprint density at radius 3 is 2.48 bits per heavy atom. The van der Waals surface area contributed by atoms with E-state index in [0.717, 1.165) is 40.2 Å². The van der Waals surface area contributed by atoms with Crippen LogP contribution in [-0.4, -0.2) is 27.4 Å². The summed E-state index contributed by atoms with van der Waals surface area (Å²) in [6, 6.07) is 12.3. The second-order valence-corrected chi connectivity index (χ2v) is 6.67. The molecule has 0 unspecified atom stereocenters. The maximum Gasteiger partial charge on any atom is 0.125 e. The summed E-state index contributed by atoms with van der Waals surface area (Å²) in [5.74, 6) is 1.86. The lowest BCUT2D eigenvalue weighted by Gasteiger charge is -2.18. The summed E-state index contributed by atoms with van der Waals surface area (Å²) in [5, 5.41) is 10.5. The van der Waals surface area contributed by atoms with E-state index in [0.29, 0.717) is 6.54 Å². The molecule has 3 aromatic rings. The number of aliphatic hydroxyl groups is 1. The fourth-order valence-electron chi connectivity index (χ4n) is 3.44. The number of imidazole rings is 1. The van der Waals surface area contributed by atoms with Crippen LogP contribution in [0.5, 0.6) is 5.75 Å². The Kier molecular flexibility index (Phi) is 5.09. The van der Waals surface area contributed by atoms with E-state index in [4.69, 9.17) is 4.74 Å². The van der Waals surface area contributed by atoms with Crippen molar-refractivity contribution >= 4 is 11.0 Å². The lowest BCUT2D eigenvalue weighted by molar-refractivity contribution is 0.0921. The van der Waals surface area contributed by atoms with Crippen LogP contribution < -0.4 is 4.74 Å². The molecule has 0 radical (unpaired) electrons. The van der Waals surface area contributed by atoms with Gasteiger partial charge < -0.3 is 14.4 Å². The van der Waals surface area contributed by atoms with E-state index in [1.54, 1.807) is 0 Å². The third-order valence-electron chi connectivity index (χ3n) is 4.47. The van der Waals surface area contributed by atoms with Gasteiger partial charge in [-0.1, -0.05) is 36.8 Å². The van der Waals surface area contributed by atoms with Gasteiger partial charge in [0.15, 0.2) is 0 Å². The molecule has 0 bridgehead atoms. The number of ether oxygens (including phenoxy) is 1. The number of para-hydroxylation sites is 2. The van der Waals surface area contributed by atoms with Crippen molar-refractivity contribution in [2.75, 3.05) is 6.61 Å². The van der Waals surface area contributed by atoms with Gasteiger partial charge in [-0.3, -0.25) is 0 Å². The lowest BCUT2D eigenvalue weighted by atomic mass is 10.1. The Hall–Kier alpha value is -2.33. The van der Waals surface area contributed by atoms with Gasteiger partial charge in [0.05, 0.1) is 17.6 Å². The SMILES string of the molecule is CCc1nc2ccccc2n1C[C@@H](O)COc1c(C)cc(C)cc1C. The maximum atomic E-state index is 10.5. The Morgan fingerprint density at radius 2 is 1.80 bits per heavy atom. The molecule has 132 valence electrons. The quantitative estimate of drug-likeness (QED) is 0.740. The molecule has 1 aromatic heterocycles. The summed E-state index contributed by atoms with van der Waals surface area (Å²) in [4.78, 5) is 4.65. The van der Waals surface area contributed by atoms with Crippen LogP contribution in [0.3, 0.4) is 0 Å². The van der Waals surface area contributed by atoms with E-state index in [2.05, 4.69) is 35.5 Å². The smallest absolute Gasteiger partial charge is 0.125 e. The van der Waals surface area contributed by atoms with Gasteiger partial charge in [-0.05, 0) is 44.0 Å². The van der Waals surface area contributed by atoms with Crippen LogP contribution in [0.1, 0.15) is 29.4 Å². The summed E-state index contributed by atoms with van der Waals surface area (Å²) in [6.45, 7) is 8.99. The number of aromatic nitrogens is 2. The minimum atomic E-state index is -0.594. The minimum Gasteiger partial charge on any atom is -0.490 e. The minimum absolute atomic E-state index is 0.264. The molecular weight excluding hydrogens is 312 g/mol. The van der Waals surface area contributed by atoms with E-state index in [-0.39, 0.29) is 6.61 Å². The molecule has 0 saturated carbocycles. The molecule has 1 N–H and O–H groups in total. The van der Waals surface area contributed by atoms with E-state index < -0.39 is 6.10 Å². The van der Waals surface area contributed by atoms with E-state index in [1.807, 2.05) is 38.1 Å². The zero-order valence-corrected chi connectivity index (χ0v) is 15.4. The monoisotopic (exact) mass is 338 g/mol. The average molecular weight is 338 g/mol. The van der Waals surface area contributed by atoms with Gasteiger partial charge in [-0.15, -0.1) is 0 Å². The van der Waals surface area contributed by atoms with Crippen LogP contribution in [0.4, 0.5) is 0 Å². The molecule has 4 heteroatoms. The zero-order valence-electron chi connectivity index (χ0n) is 15.4. The van der Waals surface area contributed by atoms with Crippen LogP contribution in [0.2, 0.25) is 0 Å². The van der Waals surface area contributed by atoms with Crippen LogP contribution in [0.15, 0.2) is 36.4 Å². The Labute approximate surface area is 149 Å². The number of hydrogen-bond acceptors (Lipinski definition) is 3. The average Bonchev–Trinajstić information content (AvgIpc) is 2.91. The fourth-order valence-corrected chi connectivity index (χ4v) is 3.44. The summed E-state index contributed by atoms with van der Waals surface area (Å²) < 4.78 is 8.03. The van der Waals surface area contributed by atoms with Gasteiger partial charge in [0.2, 0.25) is 0 Å². The zero-order chi connectivity index (χ0) is 18.0. The molecule has 2 aromatic carbocycles. The highest BCUT2D eigenvalue weighted by Crippen LogP contribution is 2.25. The van der Waals surface area contributed by atoms with Crippen molar-refractivity contribution in [3.05, 3.63) is 58.9 Å². The molecular formula is C21H26N2O2. The number of aryl methyl sites for hydroxylation is 4. The molecule has 4 nitrogen and oxygen atoms in total. The predicted molar refractivity (Wildman–Crippen MR) is 101 cm³/mol. The highest BCUT2D eigenvalue weighted by molar-refractivity contribution is 5.75. The van der Waals surface area contributed by atoms with Crippen molar-refractivity contribution in [1.82, 2.24) is 9.55 Å². The van der Waals surface area contributed by atoms with Crippen molar-refractivity contribution < 1.29 is 9.84 Å². The van der Waals surface area contributed by atoms with Crippen molar-refractivity contribution in [1.29, 1.82) is 0 Å². The van der Waals surface area contributed by atoms with Gasteiger partial charge in [0.1, 0.15) is 24.3 Å². The number of benzene rings is 2. The van der Waals surface area contributed by atoms with E-state index in [1.165, 1.54) is 5.56 Å². The lowest BCUT2D eigenvalue weighted by Crippen LogP contribution is -2.25. The molecule has 1 heterocycles. The summed E-state index contributed by atoms with van der Waals surface area (Å²) in [5.41, 5.74) is 5.46. The first-order chi connectivity index (χ1) is 12.0. The van der Waals surface area contributed by atoms with Crippen LogP contribution in [0, 0.1) is 20.8 Å². The highest BCUT2D eigenvalue weighted by Gasteiger charge is 2.14. The first-order valence-electron chi connectivity index (χ1n) is 8.82. The number of rotatable bonds is 6. The van der Waals surface area contributed by atoms with Crippen LogP contribution in [0.25, 0.3) is 11.0 Å². The molecule has 3 rings (SSSR count). The molecule has 0 spiro atoms. The van der Waals surface area contributed by atoms with Gasteiger partial charge in [-0.2, -0.15) is 0 Å². The molecule has 0 aliphatic carbocycles. The van der Waals surface area contributed by atoms with E-state index in [9.17, 15) is 5.11 Å². The van der Waals surface area contributed by atoms with Gasteiger partial charge >= 0.3 is 0 Å². The highest BCUT2D eigenvalue weighted by atomic mass is 16.5. The second kappa shape index (κ2) is 7.28. The molecule has 1 atom stereocenters. The Balaban J connectivity index is 1.74. The molecule has 0 saturated heterocycles. The summed E-state index contributed by atoms with van der Waals surface area (Å²) in [7, 11) is 0. The normalized spacial score (nSPS) is 12.5. The van der Waals surface area contributed by atoms with Crippen LogP contribution in [-0.2, 0) is 13.0 Å². The molecule has 0 fully saturated rings. The van der Waals surface area contributed by atoms with Crippen molar-refractivity contribution in [2.45, 2.75) is 46.8 Å². The third kappa shape index (κ3) is 3.69. The summed E-state index contributed by atoms with van der Waals surface area (Å²) >= 11 is 0. The standard InChI is InChI=1S/C21H26N2O2/c1-5-20-22-18-8-6-7-9-19(18)23(20)12-17(24)13-25-21-15(3)10-14(2)11-16(21)4/h6-11,17,24H,5,12-13H2,1-4H3/t17-/m1/s1. The number of nitrogens with zero attached hydrogens (tertiary/aromatic N) is 2. The fraction of sp³-hybridized carbons (Fsp3) is 0.381. The van der Waals surface area contributed by atoms with Crippen molar-refractivity contribution in [3.8, 4) is 5.75 Å².